The van der Waals surface area contributed by atoms with E-state index in [2.05, 4.69) is 36.6 Å². The van der Waals surface area contributed by atoms with E-state index in [1.165, 1.54) is 218 Å². The second-order valence-electron chi connectivity index (χ2n) is 28.9. The van der Waals surface area contributed by atoms with Crippen molar-refractivity contribution in [2.24, 2.45) is 0 Å². The van der Waals surface area contributed by atoms with Crippen LogP contribution in [0.1, 0.15) is 310 Å². The summed E-state index contributed by atoms with van der Waals surface area (Å²) in [7, 11) is 0. The second-order valence-corrected chi connectivity index (χ2v) is 28.9. The smallest absolute Gasteiger partial charge is 0.364 e. The molecule has 3 aliphatic rings. The predicted molar refractivity (Wildman–Crippen MR) is 385 cm³/mol. The summed E-state index contributed by atoms with van der Waals surface area (Å²) in [6, 6.07) is -2.62. The molecule has 3 fully saturated rings. The van der Waals surface area contributed by atoms with E-state index in [0.29, 0.717) is 12.8 Å². The van der Waals surface area contributed by atoms with Crippen LogP contribution in [0, 0.1) is 0 Å². The molecule has 3 saturated heterocycles. The Hall–Kier alpha value is -2.79. The summed E-state index contributed by atoms with van der Waals surface area (Å²) < 4.78 is 34.9. The molecule has 23 heteroatoms. The van der Waals surface area contributed by atoms with Gasteiger partial charge in [0, 0.05) is 19.8 Å². The number of unbranched alkanes of at least 4 members (excludes halogenated alkanes) is 40. The van der Waals surface area contributed by atoms with Crippen LogP contribution >= 0.6 is 0 Å². The number of ether oxygens (including phenoxy) is 6. The summed E-state index contributed by atoms with van der Waals surface area (Å²) in [4.78, 5) is 38.6. The first kappa shape index (κ1) is 91.4. The Kier molecular flexibility index (Phi) is 51.7. The molecule has 0 aromatic carbocycles. The molecule has 0 aliphatic carbocycles. The maximum atomic E-state index is 13.5. The minimum absolute atomic E-state index is 0.202. The zero-order valence-corrected chi connectivity index (χ0v) is 61.8. The van der Waals surface area contributed by atoms with Crippen molar-refractivity contribution in [2.45, 2.75) is 420 Å². The lowest BCUT2D eigenvalue weighted by atomic mass is 9.88. The van der Waals surface area contributed by atoms with E-state index in [1.54, 1.807) is 6.08 Å². The molecular weight excluding hydrogens is 1290 g/mol. The summed E-state index contributed by atoms with van der Waals surface area (Å²) in [6.45, 7) is 2.17. The molecular formula is C77H142N2O21. The number of carboxylic acids is 1. The number of carbonyl (C=O) groups excluding carboxylic acids is 2. The summed E-state index contributed by atoms with van der Waals surface area (Å²) >= 11 is 0. The fraction of sp³-hybridized carbons (Fsp3) is 0.909. The highest BCUT2D eigenvalue weighted by Crippen LogP contribution is 2.39. The number of hydrogen-bond acceptors (Lipinski definition) is 20. The monoisotopic (exact) mass is 1430 g/mol. The third-order valence-electron chi connectivity index (χ3n) is 20.1. The van der Waals surface area contributed by atoms with Crippen molar-refractivity contribution in [3.05, 3.63) is 24.3 Å². The van der Waals surface area contributed by atoms with Gasteiger partial charge in [0.05, 0.1) is 50.7 Å². The maximum absolute atomic E-state index is 13.5. The fourth-order valence-corrected chi connectivity index (χ4v) is 13.8. The molecule has 18 atom stereocenters. The van der Waals surface area contributed by atoms with E-state index >= 15 is 0 Å². The zero-order chi connectivity index (χ0) is 73.2. The fourth-order valence-electron chi connectivity index (χ4n) is 13.8. The molecule has 3 rings (SSSR count). The molecule has 0 saturated carbocycles. The summed E-state index contributed by atoms with van der Waals surface area (Å²) in [5.74, 6) is -6.14. The first-order valence-corrected chi connectivity index (χ1v) is 39.7. The van der Waals surface area contributed by atoms with Crippen molar-refractivity contribution in [2.75, 3.05) is 26.4 Å². The van der Waals surface area contributed by atoms with Crippen LogP contribution in [0.15, 0.2) is 24.3 Å². The molecule has 100 heavy (non-hydrogen) atoms. The zero-order valence-electron chi connectivity index (χ0n) is 61.8. The topological polar surface area (TPSA) is 373 Å². The molecule has 3 heterocycles. The summed E-state index contributed by atoms with van der Waals surface area (Å²) in [5.41, 5.74) is 0. The number of carbonyl (C=O) groups is 3. The van der Waals surface area contributed by atoms with Gasteiger partial charge in [-0.2, -0.15) is 0 Å². The average Bonchev–Trinajstić information content (AvgIpc) is 0.757. The molecule has 3 aliphatic heterocycles. The molecule has 0 aromatic heterocycles. The normalized spacial score (nSPS) is 27.0. The molecule has 586 valence electrons. The van der Waals surface area contributed by atoms with Crippen molar-refractivity contribution >= 4 is 17.8 Å². The highest BCUT2D eigenvalue weighted by molar-refractivity contribution is 5.77. The van der Waals surface area contributed by atoms with Gasteiger partial charge in [-0.25, -0.2) is 4.79 Å². The minimum atomic E-state index is -3.08. The number of nitrogens with one attached hydrogen (secondary N) is 2. The van der Waals surface area contributed by atoms with E-state index in [4.69, 9.17) is 28.4 Å². The lowest BCUT2D eigenvalue weighted by molar-refractivity contribution is -0.386. The molecule has 14 N–H and O–H groups in total. The van der Waals surface area contributed by atoms with Gasteiger partial charge < -0.3 is 100 Å². The van der Waals surface area contributed by atoms with Gasteiger partial charge >= 0.3 is 5.97 Å². The van der Waals surface area contributed by atoms with Gasteiger partial charge in [-0.3, -0.25) is 9.59 Å². The first-order chi connectivity index (χ1) is 48.4. The number of carboxylic acid groups (broad SMARTS) is 1. The number of amides is 2. The Morgan fingerprint density at radius 1 is 0.520 bits per heavy atom. The van der Waals surface area contributed by atoms with E-state index in [-0.39, 0.29) is 12.3 Å². The second kappa shape index (κ2) is 56.5. The third kappa shape index (κ3) is 37.0. The van der Waals surface area contributed by atoms with Gasteiger partial charge in [0.25, 0.3) is 5.79 Å². The van der Waals surface area contributed by atoms with Crippen LogP contribution in [0.2, 0.25) is 0 Å². The predicted octanol–water partition coefficient (Wildman–Crippen LogP) is 9.96. The van der Waals surface area contributed by atoms with Gasteiger partial charge in [0.15, 0.2) is 12.6 Å². The number of hydrogen-bond donors (Lipinski definition) is 14. The largest absolute Gasteiger partial charge is 0.477 e. The number of allylic oxidation sites excluding steroid dienone is 3. The SMILES string of the molecule is CCCCCCCCCCCCCC/C=C\CCCCCCCCCCCCCCCCC(=O)NC(COC1OC(CO)C(OC2OC(CO)C(O)C(OC3(C(=O)O)CC(O)C(NC(C)=O)C(C(O)C(O)CO)O3)C2O)C(O)C1O)C(O)/C=C/CCCCCCCCCCCCCCCC. The van der Waals surface area contributed by atoms with Gasteiger partial charge in [-0.1, -0.05) is 269 Å². The van der Waals surface area contributed by atoms with Crippen LogP contribution in [0.25, 0.3) is 0 Å². The van der Waals surface area contributed by atoms with Crippen LogP contribution in [0.3, 0.4) is 0 Å². The van der Waals surface area contributed by atoms with Crippen molar-refractivity contribution in [1.29, 1.82) is 0 Å². The summed E-state index contributed by atoms with van der Waals surface area (Å²) in [5, 5.41) is 136. The minimum Gasteiger partial charge on any atom is -0.477 e. The lowest BCUT2D eigenvalue weighted by Crippen LogP contribution is -2.70. The first-order valence-electron chi connectivity index (χ1n) is 39.7. The molecule has 0 aromatic rings. The van der Waals surface area contributed by atoms with Crippen LogP contribution in [-0.4, -0.2) is 215 Å². The molecule has 0 spiro atoms. The molecule has 23 nitrogen and oxygen atoms in total. The van der Waals surface area contributed by atoms with Crippen LogP contribution in [0.4, 0.5) is 0 Å². The third-order valence-corrected chi connectivity index (χ3v) is 20.1. The number of rotatable bonds is 62. The van der Waals surface area contributed by atoms with Crippen LogP contribution in [0.5, 0.6) is 0 Å². The van der Waals surface area contributed by atoms with Gasteiger partial charge in [-0.05, 0) is 44.9 Å². The molecule has 2 amide bonds. The van der Waals surface area contributed by atoms with Crippen molar-refractivity contribution in [1.82, 2.24) is 10.6 Å². The van der Waals surface area contributed by atoms with Crippen molar-refractivity contribution in [3.63, 3.8) is 0 Å². The van der Waals surface area contributed by atoms with Crippen LogP contribution in [-0.2, 0) is 42.8 Å². The Balaban J connectivity index is 1.49. The van der Waals surface area contributed by atoms with Crippen LogP contribution < -0.4 is 10.6 Å². The molecule has 18 unspecified atom stereocenters. The Labute approximate surface area is 600 Å². The van der Waals surface area contributed by atoms with Gasteiger partial charge in [0.2, 0.25) is 11.8 Å². The summed E-state index contributed by atoms with van der Waals surface area (Å²) in [6.07, 6.45) is 32.3. The highest BCUT2D eigenvalue weighted by Gasteiger charge is 2.60. The maximum Gasteiger partial charge on any atom is 0.364 e. The van der Waals surface area contributed by atoms with E-state index < -0.39 is 155 Å². The van der Waals surface area contributed by atoms with E-state index in [0.717, 1.165) is 51.9 Å². The lowest BCUT2D eigenvalue weighted by Gasteiger charge is -2.50. The number of aliphatic carboxylic acids is 1. The van der Waals surface area contributed by atoms with E-state index in [9.17, 15) is 75.7 Å². The number of aliphatic hydroxyl groups excluding tert-OH is 11. The Morgan fingerprint density at radius 2 is 0.940 bits per heavy atom. The average molecular weight is 1430 g/mol. The van der Waals surface area contributed by atoms with Gasteiger partial charge in [0.1, 0.15) is 67.1 Å². The quantitative estimate of drug-likeness (QED) is 0.0199. The highest BCUT2D eigenvalue weighted by atomic mass is 16.8. The number of aliphatic hydroxyl groups is 11. The molecule has 0 bridgehead atoms. The Morgan fingerprint density at radius 3 is 1.36 bits per heavy atom. The molecule has 0 radical (unpaired) electrons. The Bertz CT molecular complexity index is 2100. The standard InChI is InChI=1S/C77H142N2O21/c1-4-6-8-10-12-14-16-18-20-22-23-24-25-26-27-28-29-30-31-32-33-34-35-37-39-41-43-45-47-49-51-64(87)79-58(59(84)50-48-46-44-42-40-38-36-21-19-17-15-13-11-9-7-5-2)56-95-74-69(91)68(90)71(63(55-82)97-74)98-75-70(92)73(67(89)62(54-81)96-75)100-77(76(93)94)52-60(85)65(78-57(3)83)72(99-77)66(88)61(86)53-80/h26-27,48,50,58-63,65-75,80-82,84-86,88-92H,4-25,28-47,49,51-56H2,1-3H3,(H,78,83)(H,79,87)(H,93,94)/b27-26-,50-48+. The van der Waals surface area contributed by atoms with E-state index in [1.807, 2.05) is 6.08 Å². The van der Waals surface area contributed by atoms with Crippen molar-refractivity contribution < 1.29 is 104 Å². The van der Waals surface area contributed by atoms with Gasteiger partial charge in [-0.15, -0.1) is 0 Å². The van der Waals surface area contributed by atoms with Crippen molar-refractivity contribution in [3.8, 4) is 0 Å².